The molecule has 0 spiro atoms. The number of hydrogen-bond acceptors (Lipinski definition) is 3. The summed E-state index contributed by atoms with van der Waals surface area (Å²) in [5.41, 5.74) is 2.93. The molecule has 6 heteroatoms. The van der Waals surface area contributed by atoms with Gasteiger partial charge in [0.05, 0.1) is 5.56 Å². The summed E-state index contributed by atoms with van der Waals surface area (Å²) in [6.45, 7) is 4.61. The van der Waals surface area contributed by atoms with Crippen molar-refractivity contribution in [3.05, 3.63) is 50.9 Å². The minimum Gasteiger partial charge on any atom is -0.333 e. The molecule has 1 aromatic heterocycles. The number of anilines is 1. The number of hydrogen-bond donors (Lipinski definition) is 2. The molecule has 3 rings (SSSR count). The maximum Gasteiger partial charge on any atom is 0.280 e. The molecule has 2 aromatic rings. The third-order valence-corrected chi connectivity index (χ3v) is 6.35. The Kier molecular flexibility index (Phi) is 5.98. The Labute approximate surface area is 163 Å². The first-order valence-corrected chi connectivity index (χ1v) is 10.1. The van der Waals surface area contributed by atoms with Gasteiger partial charge < -0.3 is 10.6 Å². The highest BCUT2D eigenvalue weighted by atomic mass is 35.5. The van der Waals surface area contributed by atoms with Gasteiger partial charge in [-0.2, -0.15) is 5.26 Å². The smallest absolute Gasteiger partial charge is 0.280 e. The lowest BCUT2D eigenvalue weighted by Crippen LogP contribution is -2.86. The molecule has 1 aliphatic carbocycles. The molecule has 3 N–H and O–H groups in total. The molecule has 0 bridgehead atoms. The Bertz CT molecular complexity index is 838. The van der Waals surface area contributed by atoms with Gasteiger partial charge in [-0.3, -0.25) is 4.79 Å². The zero-order valence-corrected chi connectivity index (χ0v) is 16.6. The number of quaternary nitrogens is 1. The van der Waals surface area contributed by atoms with Crippen LogP contribution in [0.5, 0.6) is 0 Å². The van der Waals surface area contributed by atoms with Crippen LogP contribution in [-0.4, -0.2) is 12.5 Å². The number of rotatable bonds is 5. The molecule has 2 atom stereocenters. The van der Waals surface area contributed by atoms with Gasteiger partial charge in [0, 0.05) is 15.5 Å². The molecule has 4 nitrogen and oxygen atoms in total. The Balaban J connectivity index is 1.62. The second kappa shape index (κ2) is 8.22. The number of nitrogens with one attached hydrogen (secondary N) is 1. The highest BCUT2D eigenvalue weighted by Gasteiger charge is 2.25. The zero-order chi connectivity index (χ0) is 18.7. The molecular weight excluding hydrogens is 366 g/mol. The largest absolute Gasteiger partial charge is 0.333 e. The zero-order valence-electron chi connectivity index (χ0n) is 15.0. The number of fused-ring (bicyclic) bond motifs is 1. The first kappa shape index (κ1) is 18.9. The SMILES string of the molecule is C[C@@H]1CCc2c(sc(NC(=O)C[NH2+][C@H](C)c3ccc(Cl)cc3)c2C#N)C1. The van der Waals surface area contributed by atoms with Crippen molar-refractivity contribution in [3.8, 4) is 6.07 Å². The van der Waals surface area contributed by atoms with E-state index in [1.165, 1.54) is 4.88 Å². The number of nitriles is 1. The van der Waals surface area contributed by atoms with E-state index in [0.29, 0.717) is 28.0 Å². The molecule has 1 heterocycles. The van der Waals surface area contributed by atoms with E-state index in [-0.39, 0.29) is 11.9 Å². The van der Waals surface area contributed by atoms with Gasteiger partial charge in [0.25, 0.3) is 5.91 Å². The van der Waals surface area contributed by atoms with Crippen LogP contribution in [0.1, 0.15) is 47.9 Å². The van der Waals surface area contributed by atoms with Gasteiger partial charge >= 0.3 is 0 Å². The second-order valence-corrected chi connectivity index (χ2v) is 8.54. The summed E-state index contributed by atoms with van der Waals surface area (Å²) < 4.78 is 0. The molecule has 1 aliphatic rings. The quantitative estimate of drug-likeness (QED) is 0.820. The predicted molar refractivity (Wildman–Crippen MR) is 106 cm³/mol. The van der Waals surface area contributed by atoms with Crippen LogP contribution >= 0.6 is 22.9 Å². The average Bonchev–Trinajstić information content (AvgIpc) is 2.96. The monoisotopic (exact) mass is 388 g/mol. The fraction of sp³-hybridized carbons (Fsp3) is 0.400. The van der Waals surface area contributed by atoms with Gasteiger partial charge in [-0.1, -0.05) is 30.7 Å². The number of halogens is 1. The van der Waals surface area contributed by atoms with Crippen molar-refractivity contribution in [1.29, 1.82) is 5.26 Å². The van der Waals surface area contributed by atoms with Crippen molar-refractivity contribution < 1.29 is 10.1 Å². The van der Waals surface area contributed by atoms with Crippen molar-refractivity contribution in [2.45, 2.75) is 39.2 Å². The lowest BCUT2D eigenvalue weighted by molar-refractivity contribution is -0.682. The Morgan fingerprint density at radius 1 is 1.46 bits per heavy atom. The summed E-state index contributed by atoms with van der Waals surface area (Å²) in [5.74, 6) is 0.568. The normalized spacial score (nSPS) is 17.2. The fourth-order valence-corrected chi connectivity index (χ4v) is 4.82. The topological polar surface area (TPSA) is 69.5 Å². The summed E-state index contributed by atoms with van der Waals surface area (Å²) >= 11 is 7.48. The van der Waals surface area contributed by atoms with Gasteiger partial charge in [-0.25, -0.2) is 0 Å². The van der Waals surface area contributed by atoms with Gasteiger partial charge in [-0.15, -0.1) is 11.3 Å². The lowest BCUT2D eigenvalue weighted by Gasteiger charge is -2.17. The van der Waals surface area contributed by atoms with E-state index in [9.17, 15) is 10.1 Å². The summed E-state index contributed by atoms with van der Waals surface area (Å²) in [7, 11) is 0. The van der Waals surface area contributed by atoms with Crippen molar-refractivity contribution in [1.82, 2.24) is 0 Å². The number of carbonyl (C=O) groups excluding carboxylic acids is 1. The van der Waals surface area contributed by atoms with Crippen LogP contribution in [0.15, 0.2) is 24.3 Å². The van der Waals surface area contributed by atoms with Crippen LogP contribution in [0, 0.1) is 17.2 Å². The first-order valence-electron chi connectivity index (χ1n) is 8.91. The van der Waals surface area contributed by atoms with E-state index >= 15 is 0 Å². The first-order chi connectivity index (χ1) is 12.5. The molecule has 0 aliphatic heterocycles. The van der Waals surface area contributed by atoms with Gasteiger partial charge in [0.1, 0.15) is 17.1 Å². The molecular formula is C20H23ClN3OS+. The summed E-state index contributed by atoms with van der Waals surface area (Å²) in [5, 5.41) is 15.9. The summed E-state index contributed by atoms with van der Waals surface area (Å²) in [6, 6.07) is 10.1. The number of nitrogens with two attached hydrogens (primary N) is 1. The Hall–Kier alpha value is -1.87. The molecule has 1 aromatic carbocycles. The lowest BCUT2D eigenvalue weighted by atomic mass is 9.89. The minimum atomic E-state index is -0.0750. The van der Waals surface area contributed by atoms with E-state index in [4.69, 9.17) is 11.6 Å². The number of carbonyl (C=O) groups is 1. The van der Waals surface area contributed by atoms with E-state index < -0.39 is 0 Å². The van der Waals surface area contributed by atoms with Crippen LogP contribution in [0.4, 0.5) is 5.00 Å². The van der Waals surface area contributed by atoms with Gasteiger partial charge in [-0.05, 0) is 49.8 Å². The minimum absolute atomic E-state index is 0.0750. The highest BCUT2D eigenvalue weighted by molar-refractivity contribution is 7.16. The van der Waals surface area contributed by atoms with Crippen molar-refractivity contribution >= 4 is 33.8 Å². The van der Waals surface area contributed by atoms with Crippen LogP contribution < -0.4 is 10.6 Å². The van der Waals surface area contributed by atoms with Crippen molar-refractivity contribution in [2.75, 3.05) is 11.9 Å². The predicted octanol–water partition coefficient (Wildman–Crippen LogP) is 3.66. The number of amides is 1. The third kappa shape index (κ3) is 4.27. The van der Waals surface area contributed by atoms with Crippen molar-refractivity contribution in [3.63, 3.8) is 0 Å². The van der Waals surface area contributed by atoms with Crippen LogP contribution in [0.3, 0.4) is 0 Å². The summed E-state index contributed by atoms with van der Waals surface area (Å²) in [6.07, 6.45) is 3.05. The molecule has 0 unspecified atom stereocenters. The number of thiophene rings is 1. The Morgan fingerprint density at radius 2 is 2.19 bits per heavy atom. The van der Waals surface area contributed by atoms with Gasteiger partial charge in [0.15, 0.2) is 6.54 Å². The van der Waals surface area contributed by atoms with Crippen LogP contribution in [0.25, 0.3) is 0 Å². The molecule has 0 saturated heterocycles. The maximum absolute atomic E-state index is 12.4. The van der Waals surface area contributed by atoms with E-state index in [0.717, 1.165) is 30.4 Å². The van der Waals surface area contributed by atoms with E-state index in [2.05, 4.69) is 25.2 Å². The molecule has 136 valence electrons. The molecule has 0 fully saturated rings. The van der Waals surface area contributed by atoms with Gasteiger partial charge in [0.2, 0.25) is 0 Å². The third-order valence-electron chi connectivity index (χ3n) is 4.93. The molecule has 0 radical (unpaired) electrons. The second-order valence-electron chi connectivity index (χ2n) is 7.00. The summed E-state index contributed by atoms with van der Waals surface area (Å²) in [4.78, 5) is 13.6. The molecule has 1 amide bonds. The number of nitrogens with zero attached hydrogens (tertiary/aromatic N) is 1. The van der Waals surface area contributed by atoms with E-state index in [1.54, 1.807) is 11.3 Å². The van der Waals surface area contributed by atoms with E-state index in [1.807, 2.05) is 29.6 Å². The standard InChI is InChI=1S/C20H22ClN3OS/c1-12-3-8-16-17(10-22)20(26-18(16)9-12)24-19(25)11-23-13(2)14-4-6-15(21)7-5-14/h4-7,12-13,23H,3,8-9,11H2,1-2H3,(H,24,25)/p+1/t12-,13-/m1/s1. The van der Waals surface area contributed by atoms with Crippen molar-refractivity contribution in [2.24, 2.45) is 5.92 Å². The average molecular weight is 389 g/mol. The molecule has 26 heavy (non-hydrogen) atoms. The van der Waals surface area contributed by atoms with Crippen LogP contribution in [0.2, 0.25) is 5.02 Å². The molecule has 0 saturated carbocycles. The Morgan fingerprint density at radius 3 is 2.88 bits per heavy atom. The number of benzene rings is 1. The maximum atomic E-state index is 12.4. The highest BCUT2D eigenvalue weighted by Crippen LogP contribution is 2.39. The fourth-order valence-electron chi connectivity index (χ4n) is 3.32. The van der Waals surface area contributed by atoms with Crippen LogP contribution in [-0.2, 0) is 17.6 Å².